The van der Waals surface area contributed by atoms with E-state index < -0.39 is 0 Å². The number of rotatable bonds is 5. The highest BCUT2D eigenvalue weighted by molar-refractivity contribution is 6.05. The number of hydrogen-bond acceptors (Lipinski definition) is 3. The highest BCUT2D eigenvalue weighted by Crippen LogP contribution is 2.23. The van der Waals surface area contributed by atoms with Gasteiger partial charge < -0.3 is 9.47 Å². The first-order valence-electron chi connectivity index (χ1n) is 7.82. The molecule has 116 valence electrons. The van der Waals surface area contributed by atoms with E-state index in [4.69, 9.17) is 0 Å². The van der Waals surface area contributed by atoms with E-state index in [9.17, 15) is 4.79 Å². The van der Waals surface area contributed by atoms with Crippen LogP contribution in [0.5, 0.6) is 0 Å². The number of likely N-dealkylation sites (N-methyl/N-ethyl adjacent to an activating group) is 1. The molecular formula is C17H22N4O. The molecule has 0 aliphatic carbocycles. The molecule has 2 aromatic heterocycles. The fourth-order valence-corrected chi connectivity index (χ4v) is 3.01. The van der Waals surface area contributed by atoms with Crippen LogP contribution in [0.15, 0.2) is 35.4 Å². The maximum Gasteiger partial charge on any atom is 0.277 e. The van der Waals surface area contributed by atoms with Gasteiger partial charge in [0.1, 0.15) is 11.0 Å². The Morgan fingerprint density at radius 1 is 1.18 bits per heavy atom. The van der Waals surface area contributed by atoms with Crippen molar-refractivity contribution >= 4 is 21.9 Å². The molecule has 3 rings (SSSR count). The first kappa shape index (κ1) is 14.8. The molecule has 2 heterocycles. The number of nitrogens with zero attached hydrogens (tertiary/aromatic N) is 4. The summed E-state index contributed by atoms with van der Waals surface area (Å²) in [5.74, 6) is 0. The third-order valence-electron chi connectivity index (χ3n) is 4.42. The molecule has 5 heteroatoms. The number of hydrogen-bond donors (Lipinski definition) is 0. The lowest BCUT2D eigenvalue weighted by Gasteiger charge is -2.18. The maximum atomic E-state index is 12.8. The summed E-state index contributed by atoms with van der Waals surface area (Å²) in [7, 11) is 1.93. The fraction of sp³-hybridized carbons (Fsp3) is 0.412. The predicted octanol–water partition coefficient (Wildman–Crippen LogP) is 2.23. The van der Waals surface area contributed by atoms with Gasteiger partial charge in [-0.1, -0.05) is 32.0 Å². The standard InChI is InChI=1S/C17H22N4O/c1-4-20(5-2)10-11-21-12-18-15-13-8-6-7-9-14(13)19(3)16(15)17(21)22/h6-9,12H,4-5,10-11H2,1-3H3. The molecule has 0 bridgehead atoms. The Labute approximate surface area is 129 Å². The average Bonchev–Trinajstić information content (AvgIpc) is 2.84. The predicted molar refractivity (Wildman–Crippen MR) is 90.3 cm³/mol. The van der Waals surface area contributed by atoms with Gasteiger partial charge in [0, 0.05) is 25.5 Å². The summed E-state index contributed by atoms with van der Waals surface area (Å²) >= 11 is 0. The van der Waals surface area contributed by atoms with Gasteiger partial charge in [-0.3, -0.25) is 9.36 Å². The van der Waals surface area contributed by atoms with E-state index >= 15 is 0 Å². The van der Waals surface area contributed by atoms with Gasteiger partial charge in [0.15, 0.2) is 0 Å². The molecule has 1 aromatic carbocycles. The average molecular weight is 298 g/mol. The molecule has 5 nitrogen and oxygen atoms in total. The minimum absolute atomic E-state index is 0.0378. The lowest BCUT2D eigenvalue weighted by molar-refractivity contribution is 0.289. The zero-order chi connectivity index (χ0) is 15.7. The smallest absolute Gasteiger partial charge is 0.277 e. The van der Waals surface area contributed by atoms with E-state index in [0.717, 1.165) is 36.1 Å². The third-order valence-corrected chi connectivity index (χ3v) is 4.42. The monoisotopic (exact) mass is 298 g/mol. The van der Waals surface area contributed by atoms with Crippen molar-refractivity contribution in [2.45, 2.75) is 20.4 Å². The van der Waals surface area contributed by atoms with E-state index in [0.29, 0.717) is 12.1 Å². The summed E-state index contributed by atoms with van der Waals surface area (Å²) in [5.41, 5.74) is 2.56. The lowest BCUT2D eigenvalue weighted by Crippen LogP contribution is -2.31. The molecule has 0 spiro atoms. The maximum absolute atomic E-state index is 12.8. The summed E-state index contributed by atoms with van der Waals surface area (Å²) in [5, 5.41) is 1.04. The van der Waals surface area contributed by atoms with Crippen LogP contribution in [0.1, 0.15) is 13.8 Å². The molecule has 0 radical (unpaired) electrons. The van der Waals surface area contributed by atoms with E-state index in [1.807, 2.05) is 35.9 Å². The molecule has 0 fully saturated rings. The Morgan fingerprint density at radius 2 is 1.91 bits per heavy atom. The first-order chi connectivity index (χ1) is 10.7. The second-order valence-corrected chi connectivity index (χ2v) is 5.54. The normalized spacial score (nSPS) is 11.8. The van der Waals surface area contributed by atoms with Gasteiger partial charge in [-0.25, -0.2) is 4.98 Å². The van der Waals surface area contributed by atoms with Crippen molar-refractivity contribution in [2.24, 2.45) is 7.05 Å². The second kappa shape index (κ2) is 5.93. The summed E-state index contributed by atoms with van der Waals surface area (Å²) in [6.07, 6.45) is 1.68. The van der Waals surface area contributed by atoms with E-state index in [-0.39, 0.29) is 5.56 Å². The fourth-order valence-electron chi connectivity index (χ4n) is 3.01. The Morgan fingerprint density at radius 3 is 2.64 bits per heavy atom. The molecule has 0 aliphatic heterocycles. The molecular weight excluding hydrogens is 276 g/mol. The van der Waals surface area contributed by atoms with Crippen LogP contribution >= 0.6 is 0 Å². The van der Waals surface area contributed by atoms with Crippen LogP contribution in [0.25, 0.3) is 21.9 Å². The Bertz CT molecular complexity index is 858. The van der Waals surface area contributed by atoms with Crippen LogP contribution in [-0.4, -0.2) is 38.7 Å². The van der Waals surface area contributed by atoms with Crippen molar-refractivity contribution < 1.29 is 0 Å². The second-order valence-electron chi connectivity index (χ2n) is 5.54. The van der Waals surface area contributed by atoms with E-state index in [1.165, 1.54) is 0 Å². The summed E-state index contributed by atoms with van der Waals surface area (Å²) < 4.78 is 3.67. The molecule has 0 saturated heterocycles. The SMILES string of the molecule is CCN(CC)CCn1cnc2c3ccccc3n(C)c2c1=O. The Hall–Kier alpha value is -2.14. The first-order valence-corrected chi connectivity index (χ1v) is 7.82. The van der Waals surface area contributed by atoms with Crippen LogP contribution in [0.2, 0.25) is 0 Å². The van der Waals surface area contributed by atoms with Crippen molar-refractivity contribution in [1.82, 2.24) is 19.0 Å². The zero-order valence-electron chi connectivity index (χ0n) is 13.4. The highest BCUT2D eigenvalue weighted by Gasteiger charge is 2.13. The van der Waals surface area contributed by atoms with Gasteiger partial charge in [-0.15, -0.1) is 0 Å². The number of benzene rings is 1. The molecule has 0 amide bonds. The van der Waals surface area contributed by atoms with Crippen LogP contribution in [0.3, 0.4) is 0 Å². The van der Waals surface area contributed by atoms with Gasteiger partial charge in [0.2, 0.25) is 0 Å². The Kier molecular flexibility index (Phi) is 3.98. The molecule has 0 N–H and O–H groups in total. The number of para-hydroxylation sites is 1. The van der Waals surface area contributed by atoms with Crippen molar-refractivity contribution in [2.75, 3.05) is 19.6 Å². The van der Waals surface area contributed by atoms with Crippen molar-refractivity contribution in [1.29, 1.82) is 0 Å². The lowest BCUT2D eigenvalue weighted by atomic mass is 10.2. The molecule has 0 atom stereocenters. The number of aromatic nitrogens is 3. The van der Waals surface area contributed by atoms with E-state index in [2.05, 4.69) is 23.7 Å². The minimum Gasteiger partial charge on any atom is -0.338 e. The topological polar surface area (TPSA) is 43.1 Å². The Balaban J connectivity index is 2.08. The van der Waals surface area contributed by atoms with Crippen LogP contribution < -0.4 is 5.56 Å². The summed E-state index contributed by atoms with van der Waals surface area (Å²) in [4.78, 5) is 19.6. The van der Waals surface area contributed by atoms with Gasteiger partial charge >= 0.3 is 0 Å². The van der Waals surface area contributed by atoms with Gasteiger partial charge in [-0.2, -0.15) is 0 Å². The number of fused-ring (bicyclic) bond motifs is 3. The molecule has 0 saturated carbocycles. The van der Waals surface area contributed by atoms with Crippen molar-refractivity contribution in [3.05, 3.63) is 40.9 Å². The van der Waals surface area contributed by atoms with Gasteiger partial charge in [-0.05, 0) is 19.2 Å². The quantitative estimate of drug-likeness (QED) is 0.725. The zero-order valence-corrected chi connectivity index (χ0v) is 13.4. The van der Waals surface area contributed by atoms with Crippen LogP contribution in [0.4, 0.5) is 0 Å². The number of aryl methyl sites for hydroxylation is 1. The molecule has 0 aliphatic rings. The largest absolute Gasteiger partial charge is 0.338 e. The minimum atomic E-state index is 0.0378. The van der Waals surface area contributed by atoms with Crippen LogP contribution in [0, 0.1) is 0 Å². The van der Waals surface area contributed by atoms with Crippen molar-refractivity contribution in [3.8, 4) is 0 Å². The summed E-state index contributed by atoms with van der Waals surface area (Å²) in [6.45, 7) is 7.80. The van der Waals surface area contributed by atoms with Crippen molar-refractivity contribution in [3.63, 3.8) is 0 Å². The van der Waals surface area contributed by atoms with Gasteiger partial charge in [0.05, 0.1) is 11.8 Å². The summed E-state index contributed by atoms with van der Waals surface area (Å²) in [6, 6.07) is 8.01. The van der Waals surface area contributed by atoms with E-state index in [1.54, 1.807) is 10.9 Å². The van der Waals surface area contributed by atoms with Gasteiger partial charge in [0.25, 0.3) is 5.56 Å². The molecule has 3 aromatic rings. The molecule has 0 unspecified atom stereocenters. The third kappa shape index (κ3) is 2.31. The highest BCUT2D eigenvalue weighted by atomic mass is 16.1. The molecule has 22 heavy (non-hydrogen) atoms. The van der Waals surface area contributed by atoms with Crippen LogP contribution in [-0.2, 0) is 13.6 Å².